The highest BCUT2D eigenvalue weighted by molar-refractivity contribution is 7.91. The Morgan fingerprint density at radius 2 is 1.80 bits per heavy atom. The molecule has 2 rings (SSSR count). The molecule has 110 valence electrons. The molecule has 5 heteroatoms. The summed E-state index contributed by atoms with van der Waals surface area (Å²) < 4.78 is 22.7. The molecule has 0 bridgehead atoms. The van der Waals surface area contributed by atoms with Gasteiger partial charge in [0.15, 0.2) is 9.84 Å². The number of hydrogen-bond acceptors (Lipinski definition) is 3. The third-order valence-corrected chi connectivity index (χ3v) is 5.39. The average Bonchev–Trinajstić information content (AvgIpc) is 2.69. The first-order valence-electron chi connectivity index (χ1n) is 6.79. The minimum atomic E-state index is -3.02. The molecular formula is C15H21NO3S. The number of amides is 1. The molecule has 1 fully saturated rings. The van der Waals surface area contributed by atoms with E-state index in [0.717, 1.165) is 0 Å². The van der Waals surface area contributed by atoms with Crippen LogP contribution in [0, 0.1) is 5.92 Å². The topological polar surface area (TPSA) is 63.2 Å². The molecule has 1 N–H and O–H groups in total. The van der Waals surface area contributed by atoms with Crippen LogP contribution in [0.5, 0.6) is 0 Å². The molecule has 1 amide bonds. The Bertz CT molecular complexity index is 597. The second kappa shape index (κ2) is 5.20. The van der Waals surface area contributed by atoms with Crippen LogP contribution in [0.3, 0.4) is 0 Å². The highest BCUT2D eigenvalue weighted by atomic mass is 32.2. The Morgan fingerprint density at radius 3 is 2.25 bits per heavy atom. The molecule has 1 aromatic carbocycles. The number of benzene rings is 1. The first-order valence-corrected chi connectivity index (χ1v) is 8.61. The molecule has 1 aliphatic rings. The van der Waals surface area contributed by atoms with Crippen molar-refractivity contribution >= 4 is 21.4 Å². The molecular weight excluding hydrogens is 274 g/mol. The molecule has 0 aromatic heterocycles. The molecule has 0 spiro atoms. The van der Waals surface area contributed by atoms with E-state index in [9.17, 15) is 13.2 Å². The second-order valence-electron chi connectivity index (χ2n) is 6.42. The minimum absolute atomic E-state index is 0.0289. The summed E-state index contributed by atoms with van der Waals surface area (Å²) in [6, 6.07) is 7.70. The van der Waals surface area contributed by atoms with E-state index in [1.165, 1.54) is 5.56 Å². The van der Waals surface area contributed by atoms with E-state index in [0.29, 0.717) is 12.1 Å². The predicted octanol–water partition coefficient (Wildman–Crippen LogP) is 2.36. The molecule has 0 aliphatic carbocycles. The van der Waals surface area contributed by atoms with E-state index in [1.807, 2.05) is 24.3 Å². The van der Waals surface area contributed by atoms with Gasteiger partial charge in [-0.2, -0.15) is 0 Å². The lowest BCUT2D eigenvalue weighted by Gasteiger charge is -2.19. The Morgan fingerprint density at radius 1 is 1.20 bits per heavy atom. The maximum Gasteiger partial charge on any atom is 0.228 e. The zero-order chi connectivity index (χ0) is 15.0. The summed E-state index contributed by atoms with van der Waals surface area (Å²) in [6.45, 7) is 6.39. The maximum atomic E-state index is 12.0. The van der Waals surface area contributed by atoms with Gasteiger partial charge in [-0.25, -0.2) is 8.42 Å². The Hall–Kier alpha value is -1.36. The lowest BCUT2D eigenvalue weighted by molar-refractivity contribution is -0.119. The summed E-state index contributed by atoms with van der Waals surface area (Å²) in [5.74, 6) is -0.524. The van der Waals surface area contributed by atoms with Gasteiger partial charge >= 0.3 is 0 Å². The fourth-order valence-corrected chi connectivity index (χ4v) is 4.04. The van der Waals surface area contributed by atoms with Gasteiger partial charge in [0.05, 0.1) is 17.4 Å². The van der Waals surface area contributed by atoms with Gasteiger partial charge in [-0.15, -0.1) is 0 Å². The van der Waals surface area contributed by atoms with Gasteiger partial charge in [0.2, 0.25) is 5.91 Å². The van der Waals surface area contributed by atoms with E-state index in [4.69, 9.17) is 0 Å². The van der Waals surface area contributed by atoms with E-state index >= 15 is 0 Å². The third-order valence-electron chi connectivity index (χ3n) is 3.62. The van der Waals surface area contributed by atoms with E-state index in [1.54, 1.807) is 0 Å². The first-order chi connectivity index (χ1) is 9.17. The highest BCUT2D eigenvalue weighted by Crippen LogP contribution is 2.24. The predicted molar refractivity (Wildman–Crippen MR) is 80.5 cm³/mol. The van der Waals surface area contributed by atoms with Gasteiger partial charge in [-0.1, -0.05) is 32.9 Å². The summed E-state index contributed by atoms with van der Waals surface area (Å²) >= 11 is 0. The van der Waals surface area contributed by atoms with Crippen molar-refractivity contribution in [1.82, 2.24) is 0 Å². The van der Waals surface area contributed by atoms with Crippen LogP contribution in [0.4, 0.5) is 5.69 Å². The SMILES string of the molecule is CC(C)(C)c1ccc(NC(=O)[C@H]2CCS(=O)(=O)C2)cc1. The summed E-state index contributed by atoms with van der Waals surface area (Å²) in [4.78, 5) is 12.0. The number of anilines is 1. The lowest BCUT2D eigenvalue weighted by atomic mass is 9.87. The Labute approximate surface area is 120 Å². The number of sulfone groups is 1. The zero-order valence-corrected chi connectivity index (χ0v) is 13.0. The number of hydrogen-bond donors (Lipinski definition) is 1. The normalized spacial score (nSPS) is 21.6. The minimum Gasteiger partial charge on any atom is -0.326 e. The van der Waals surface area contributed by atoms with Crippen LogP contribution >= 0.6 is 0 Å². The molecule has 1 atom stereocenters. The maximum absolute atomic E-state index is 12.0. The van der Waals surface area contributed by atoms with Gasteiger partial charge < -0.3 is 5.32 Å². The number of rotatable bonds is 2. The molecule has 1 aromatic rings. The standard InChI is InChI=1S/C15H21NO3S/c1-15(2,3)12-4-6-13(7-5-12)16-14(17)11-8-9-20(18,19)10-11/h4-7,11H,8-10H2,1-3H3,(H,16,17)/t11-/m0/s1. The first kappa shape index (κ1) is 15.0. The van der Waals surface area contributed by atoms with E-state index in [2.05, 4.69) is 26.1 Å². The van der Waals surface area contributed by atoms with Crippen molar-refractivity contribution in [3.8, 4) is 0 Å². The van der Waals surface area contributed by atoms with Crippen molar-refractivity contribution in [3.05, 3.63) is 29.8 Å². The molecule has 1 saturated heterocycles. The average molecular weight is 295 g/mol. The van der Waals surface area contributed by atoms with Crippen LogP contribution < -0.4 is 5.32 Å². The molecule has 20 heavy (non-hydrogen) atoms. The monoisotopic (exact) mass is 295 g/mol. The van der Waals surface area contributed by atoms with Crippen molar-refractivity contribution in [2.75, 3.05) is 16.8 Å². The number of carbonyl (C=O) groups is 1. The molecule has 0 saturated carbocycles. The van der Waals surface area contributed by atoms with Crippen LogP contribution in [0.25, 0.3) is 0 Å². The zero-order valence-electron chi connectivity index (χ0n) is 12.1. The van der Waals surface area contributed by atoms with Gasteiger partial charge in [0, 0.05) is 5.69 Å². The summed E-state index contributed by atoms with van der Waals surface area (Å²) in [6.07, 6.45) is 0.425. The van der Waals surface area contributed by atoms with Crippen molar-refractivity contribution in [2.24, 2.45) is 5.92 Å². The fourth-order valence-electron chi connectivity index (χ4n) is 2.30. The van der Waals surface area contributed by atoms with Crippen LogP contribution in [0.1, 0.15) is 32.8 Å². The van der Waals surface area contributed by atoms with Crippen LogP contribution in [-0.4, -0.2) is 25.8 Å². The van der Waals surface area contributed by atoms with Crippen LogP contribution in [0.15, 0.2) is 24.3 Å². The molecule has 0 unspecified atom stereocenters. The van der Waals surface area contributed by atoms with Crippen molar-refractivity contribution in [3.63, 3.8) is 0 Å². The second-order valence-corrected chi connectivity index (χ2v) is 8.65. The van der Waals surface area contributed by atoms with Crippen molar-refractivity contribution in [1.29, 1.82) is 0 Å². The van der Waals surface area contributed by atoms with Gasteiger partial charge in [-0.3, -0.25) is 4.79 Å². The van der Waals surface area contributed by atoms with E-state index in [-0.39, 0.29) is 22.8 Å². The lowest BCUT2D eigenvalue weighted by Crippen LogP contribution is -2.23. The van der Waals surface area contributed by atoms with Crippen LogP contribution in [0.2, 0.25) is 0 Å². The van der Waals surface area contributed by atoms with Gasteiger partial charge in [-0.05, 0) is 29.5 Å². The van der Waals surface area contributed by atoms with Gasteiger partial charge in [0.25, 0.3) is 0 Å². The Balaban J connectivity index is 2.02. The van der Waals surface area contributed by atoms with Gasteiger partial charge in [0.1, 0.15) is 0 Å². The highest BCUT2D eigenvalue weighted by Gasteiger charge is 2.32. The van der Waals surface area contributed by atoms with Crippen LogP contribution in [-0.2, 0) is 20.0 Å². The quantitative estimate of drug-likeness (QED) is 0.911. The smallest absolute Gasteiger partial charge is 0.228 e. The molecule has 1 heterocycles. The van der Waals surface area contributed by atoms with Crippen molar-refractivity contribution < 1.29 is 13.2 Å². The molecule has 1 aliphatic heterocycles. The number of carbonyl (C=O) groups excluding carboxylic acids is 1. The van der Waals surface area contributed by atoms with Crippen molar-refractivity contribution in [2.45, 2.75) is 32.6 Å². The Kier molecular flexibility index (Phi) is 3.91. The molecule has 0 radical (unpaired) electrons. The molecule has 4 nitrogen and oxygen atoms in total. The fraction of sp³-hybridized carbons (Fsp3) is 0.533. The third kappa shape index (κ3) is 3.60. The largest absolute Gasteiger partial charge is 0.326 e. The number of nitrogens with one attached hydrogen (secondary N) is 1. The summed E-state index contributed by atoms with van der Waals surface area (Å²) in [5.41, 5.74) is 1.98. The summed E-state index contributed by atoms with van der Waals surface area (Å²) in [5, 5.41) is 2.80. The van der Waals surface area contributed by atoms with E-state index < -0.39 is 15.8 Å². The summed E-state index contributed by atoms with van der Waals surface area (Å²) in [7, 11) is -3.02.